The van der Waals surface area contributed by atoms with Crippen molar-refractivity contribution in [1.29, 1.82) is 0 Å². The minimum absolute atomic E-state index is 0.0357. The predicted molar refractivity (Wildman–Crippen MR) is 183 cm³/mol. The van der Waals surface area contributed by atoms with Gasteiger partial charge in [-0.3, -0.25) is 9.59 Å². The minimum atomic E-state index is -1.50. The van der Waals surface area contributed by atoms with Crippen LogP contribution >= 0.6 is 12.2 Å². The van der Waals surface area contributed by atoms with Crippen molar-refractivity contribution in [2.75, 3.05) is 13.7 Å². The number of aliphatic hydroxyl groups is 1. The van der Waals surface area contributed by atoms with E-state index in [2.05, 4.69) is 0 Å². The molecule has 2 aromatic carbocycles. The van der Waals surface area contributed by atoms with Gasteiger partial charge in [-0.2, -0.15) is 0 Å². The molecule has 3 aromatic rings. The number of ether oxygens (including phenoxy) is 2. The van der Waals surface area contributed by atoms with Crippen LogP contribution in [-0.4, -0.2) is 51.6 Å². The first-order chi connectivity index (χ1) is 23.0. The summed E-state index contributed by atoms with van der Waals surface area (Å²) >= 11 is 5.21. The SMILES string of the molecule is CCCc1c(OCC/C=C\C=C\[C@@H](c2c(C(=O)O)oc3c(c2=O)=CCC(=S)C=3)[C@@H](O)c2cccc(C(=O)OC)c2)ccc(C(C)=O)c1O. The zero-order valence-corrected chi connectivity index (χ0v) is 27.5. The number of rotatable bonds is 14. The number of carbonyl (C=O) groups is 3. The molecule has 48 heavy (non-hydrogen) atoms. The summed E-state index contributed by atoms with van der Waals surface area (Å²) in [6.45, 7) is 3.59. The number of methoxy groups -OCH3 is 1. The van der Waals surface area contributed by atoms with E-state index >= 15 is 0 Å². The Morgan fingerprint density at radius 2 is 1.92 bits per heavy atom. The molecule has 0 saturated carbocycles. The molecule has 1 heterocycles. The molecule has 0 fully saturated rings. The zero-order chi connectivity index (χ0) is 35.0. The molecule has 2 atom stereocenters. The summed E-state index contributed by atoms with van der Waals surface area (Å²) in [6.07, 6.45) is 10.1. The van der Waals surface area contributed by atoms with Gasteiger partial charge in [-0.1, -0.05) is 68.1 Å². The van der Waals surface area contributed by atoms with Crippen LogP contribution in [0.5, 0.6) is 11.5 Å². The number of thiocarbonyl (C=S) groups is 1. The van der Waals surface area contributed by atoms with Crippen molar-refractivity contribution in [2.24, 2.45) is 0 Å². The second-order valence-corrected chi connectivity index (χ2v) is 11.6. The average Bonchev–Trinajstić information content (AvgIpc) is 3.06. The highest BCUT2D eigenvalue weighted by molar-refractivity contribution is 7.81. The Hall–Kier alpha value is -5.13. The van der Waals surface area contributed by atoms with Crippen molar-refractivity contribution in [3.63, 3.8) is 0 Å². The molecule has 0 saturated heterocycles. The Morgan fingerprint density at radius 1 is 1.15 bits per heavy atom. The van der Waals surface area contributed by atoms with Gasteiger partial charge in [-0.25, -0.2) is 9.59 Å². The molecule has 11 heteroatoms. The summed E-state index contributed by atoms with van der Waals surface area (Å²) in [7, 11) is 1.23. The van der Waals surface area contributed by atoms with Gasteiger partial charge in [0.1, 0.15) is 16.9 Å². The maximum Gasteiger partial charge on any atom is 0.372 e. The fourth-order valence-corrected chi connectivity index (χ4v) is 5.60. The molecule has 0 unspecified atom stereocenters. The van der Waals surface area contributed by atoms with Gasteiger partial charge >= 0.3 is 11.9 Å². The van der Waals surface area contributed by atoms with Crippen molar-refractivity contribution in [3.05, 3.63) is 115 Å². The molecular weight excluding hydrogens is 636 g/mol. The normalized spacial score (nSPS) is 13.8. The third-order valence-corrected chi connectivity index (χ3v) is 8.04. The lowest BCUT2D eigenvalue weighted by atomic mass is 9.86. The summed E-state index contributed by atoms with van der Waals surface area (Å²) in [6, 6.07) is 9.21. The van der Waals surface area contributed by atoms with E-state index in [0.29, 0.717) is 35.4 Å². The van der Waals surface area contributed by atoms with E-state index in [0.717, 1.165) is 6.42 Å². The molecule has 1 aliphatic rings. The lowest BCUT2D eigenvalue weighted by Gasteiger charge is -2.22. The Kier molecular flexibility index (Phi) is 12.0. The predicted octanol–water partition coefficient (Wildman–Crippen LogP) is 4.72. The van der Waals surface area contributed by atoms with Gasteiger partial charge < -0.3 is 29.2 Å². The molecule has 0 radical (unpaired) electrons. The first-order valence-electron chi connectivity index (χ1n) is 15.3. The molecule has 0 spiro atoms. The van der Waals surface area contributed by atoms with E-state index < -0.39 is 35.1 Å². The fourth-order valence-electron chi connectivity index (χ4n) is 5.41. The highest BCUT2D eigenvalue weighted by Crippen LogP contribution is 2.34. The van der Waals surface area contributed by atoms with Gasteiger partial charge in [0.05, 0.1) is 41.7 Å². The monoisotopic (exact) mass is 672 g/mol. The number of ketones is 1. The standard InChI is InChI=1S/C37H36O10S/c1-4-10-26-29(17-16-25(21(2)38)33(26)40)46-18-8-6-5-7-13-28(32(39)22-11-9-12-23(19-22)37(44)45-3)31-34(41)27-15-14-24(48)20-30(27)47-35(31)36(42)43/h5-7,9,11-13,15-17,19-20,28,32,39-40H,4,8,10,14,18H2,1-3H3,(H,42,43)/b6-5-,13-7+/t28-,32-/m0/s1. The minimum Gasteiger partial charge on any atom is -0.507 e. The lowest BCUT2D eigenvalue weighted by molar-refractivity contribution is 0.0599. The molecule has 1 aromatic heterocycles. The lowest BCUT2D eigenvalue weighted by Crippen LogP contribution is -2.45. The number of carboxylic acids is 1. The van der Waals surface area contributed by atoms with Crippen molar-refractivity contribution < 1.29 is 43.6 Å². The van der Waals surface area contributed by atoms with Crippen LogP contribution in [0.25, 0.3) is 12.2 Å². The number of benzene rings is 2. The van der Waals surface area contributed by atoms with Crippen molar-refractivity contribution in [3.8, 4) is 11.5 Å². The summed E-state index contributed by atoms with van der Waals surface area (Å²) < 4.78 is 16.4. The number of hydrogen-bond donors (Lipinski definition) is 3. The number of phenolic OH excluding ortho intramolecular Hbond substituents is 1. The van der Waals surface area contributed by atoms with Crippen molar-refractivity contribution >= 4 is 47.0 Å². The van der Waals surface area contributed by atoms with Crippen LogP contribution in [0.1, 0.15) is 93.1 Å². The second kappa shape index (κ2) is 16.1. The zero-order valence-electron chi connectivity index (χ0n) is 26.7. The van der Waals surface area contributed by atoms with E-state index in [9.17, 15) is 34.5 Å². The van der Waals surface area contributed by atoms with Gasteiger partial charge in [0.2, 0.25) is 5.76 Å². The van der Waals surface area contributed by atoms with Crippen LogP contribution < -0.4 is 20.8 Å². The summed E-state index contributed by atoms with van der Waals surface area (Å²) in [4.78, 5) is 50.7. The topological polar surface area (TPSA) is 161 Å². The van der Waals surface area contributed by atoms with Gasteiger partial charge in [-0.05, 0) is 55.7 Å². The Labute approximate surface area is 281 Å². The molecule has 0 aliphatic heterocycles. The number of aromatic hydroxyl groups is 1. The molecule has 4 rings (SSSR count). The number of phenols is 1. The Morgan fingerprint density at radius 3 is 2.60 bits per heavy atom. The van der Waals surface area contributed by atoms with Gasteiger partial charge in [0, 0.05) is 22.8 Å². The molecular formula is C37H36O10S. The fraction of sp³-hybridized carbons (Fsp3) is 0.270. The number of carboxylic acid groups (broad SMARTS) is 1. The quantitative estimate of drug-likeness (QED) is 0.0715. The number of aliphatic hydroxyl groups excluding tert-OH is 1. The number of carbonyl (C=O) groups excluding carboxylic acids is 2. The van der Waals surface area contributed by atoms with Crippen LogP contribution in [0.3, 0.4) is 0 Å². The Bertz CT molecular complexity index is 1990. The molecule has 0 bridgehead atoms. The van der Waals surface area contributed by atoms with Crippen molar-refractivity contribution in [1.82, 2.24) is 0 Å². The largest absolute Gasteiger partial charge is 0.507 e. The highest BCUT2D eigenvalue weighted by Gasteiger charge is 2.31. The number of esters is 1. The van der Waals surface area contributed by atoms with Gasteiger partial charge in [0.15, 0.2) is 11.2 Å². The summed E-state index contributed by atoms with van der Waals surface area (Å²) in [5.74, 6) is -3.80. The van der Waals surface area contributed by atoms with Gasteiger partial charge in [-0.15, -0.1) is 0 Å². The molecule has 250 valence electrons. The summed E-state index contributed by atoms with van der Waals surface area (Å²) in [5, 5.41) is 32.4. The second-order valence-electron chi connectivity index (χ2n) is 11.1. The van der Waals surface area contributed by atoms with E-state index in [-0.39, 0.29) is 51.0 Å². The molecule has 0 amide bonds. The maximum atomic E-state index is 13.8. The maximum absolute atomic E-state index is 13.8. The van der Waals surface area contributed by atoms with Crippen LogP contribution in [0.4, 0.5) is 0 Å². The number of Topliss-reactive ketones (excluding diaryl/α,β-unsaturated/α-hetero) is 1. The smallest absolute Gasteiger partial charge is 0.372 e. The van der Waals surface area contributed by atoms with Crippen LogP contribution in [0.15, 0.2) is 69.9 Å². The first kappa shape index (κ1) is 35.7. The average molecular weight is 673 g/mol. The van der Waals surface area contributed by atoms with E-state index in [1.807, 2.05) is 6.92 Å². The highest BCUT2D eigenvalue weighted by atomic mass is 32.1. The summed E-state index contributed by atoms with van der Waals surface area (Å²) in [5.41, 5.74) is 0.366. The molecule has 1 aliphatic carbocycles. The molecule has 3 N–H and O–H groups in total. The third kappa shape index (κ3) is 8.04. The number of fused-ring (bicyclic) bond motifs is 1. The number of hydrogen-bond acceptors (Lipinski definition) is 10. The third-order valence-electron chi connectivity index (χ3n) is 7.75. The van der Waals surface area contributed by atoms with Crippen LogP contribution in [0, 0.1) is 0 Å². The van der Waals surface area contributed by atoms with E-state index in [1.54, 1.807) is 42.5 Å². The van der Waals surface area contributed by atoms with E-state index in [4.69, 9.17) is 26.1 Å². The first-order valence-corrected chi connectivity index (χ1v) is 15.7. The van der Waals surface area contributed by atoms with E-state index in [1.165, 1.54) is 44.4 Å². The van der Waals surface area contributed by atoms with Crippen molar-refractivity contribution in [2.45, 2.75) is 51.6 Å². The Balaban J connectivity index is 1.65. The van der Waals surface area contributed by atoms with Crippen LogP contribution in [-0.2, 0) is 11.2 Å². The number of allylic oxidation sites excluding steroid dienone is 2. The van der Waals surface area contributed by atoms with Crippen LogP contribution in [0.2, 0.25) is 0 Å². The van der Waals surface area contributed by atoms with Gasteiger partial charge in [0.25, 0.3) is 0 Å². The molecule has 10 nitrogen and oxygen atoms in total. The number of aromatic carboxylic acids is 1.